The number of amides is 2. The Morgan fingerprint density at radius 2 is 1.53 bits per heavy atom. The van der Waals surface area contributed by atoms with E-state index in [0.717, 1.165) is 65.3 Å². The highest BCUT2D eigenvalue weighted by Crippen LogP contribution is 2.29. The molecular formula is C28H28N6O2. The lowest BCUT2D eigenvalue weighted by Crippen LogP contribution is -2.48. The summed E-state index contributed by atoms with van der Waals surface area (Å²) in [5, 5.41) is 7.06. The molecule has 0 radical (unpaired) electrons. The predicted molar refractivity (Wildman–Crippen MR) is 143 cm³/mol. The average molecular weight is 481 g/mol. The summed E-state index contributed by atoms with van der Waals surface area (Å²) in [4.78, 5) is 36.4. The lowest BCUT2D eigenvalue weighted by Gasteiger charge is -2.35. The van der Waals surface area contributed by atoms with Crippen molar-refractivity contribution in [3.63, 3.8) is 0 Å². The van der Waals surface area contributed by atoms with Crippen LogP contribution in [-0.4, -0.2) is 52.9 Å². The van der Waals surface area contributed by atoms with E-state index in [-0.39, 0.29) is 11.8 Å². The van der Waals surface area contributed by atoms with Crippen LogP contribution < -0.4 is 15.5 Å². The Kier molecular flexibility index (Phi) is 6.49. The van der Waals surface area contributed by atoms with Gasteiger partial charge in [-0.3, -0.25) is 9.59 Å². The third kappa shape index (κ3) is 5.12. The van der Waals surface area contributed by atoms with E-state index >= 15 is 0 Å². The summed E-state index contributed by atoms with van der Waals surface area (Å²) in [5.74, 6) is 0.558. The minimum absolute atomic E-state index is 0.0973. The minimum atomic E-state index is -0.0973. The summed E-state index contributed by atoms with van der Waals surface area (Å²) in [6, 6.07) is 21.9. The minimum Gasteiger partial charge on any atom is -0.368 e. The Bertz CT molecular complexity index is 1390. The van der Waals surface area contributed by atoms with Crippen LogP contribution in [0.25, 0.3) is 22.0 Å². The quantitative estimate of drug-likeness (QED) is 0.432. The van der Waals surface area contributed by atoms with Crippen molar-refractivity contribution in [1.29, 1.82) is 0 Å². The molecule has 0 unspecified atom stereocenters. The molecule has 36 heavy (non-hydrogen) atoms. The van der Waals surface area contributed by atoms with Crippen LogP contribution in [0.15, 0.2) is 72.9 Å². The number of benzene rings is 3. The number of carbonyl (C=O) groups excluding carboxylic acids is 2. The van der Waals surface area contributed by atoms with Crippen molar-refractivity contribution in [3.8, 4) is 11.1 Å². The first kappa shape index (κ1) is 23.3. The van der Waals surface area contributed by atoms with Crippen LogP contribution in [0.1, 0.15) is 13.8 Å². The van der Waals surface area contributed by atoms with Gasteiger partial charge < -0.3 is 20.4 Å². The van der Waals surface area contributed by atoms with Gasteiger partial charge in [0.15, 0.2) is 0 Å². The first-order valence-electron chi connectivity index (χ1n) is 12.0. The van der Waals surface area contributed by atoms with Crippen molar-refractivity contribution < 1.29 is 9.59 Å². The molecule has 182 valence electrons. The van der Waals surface area contributed by atoms with Crippen molar-refractivity contribution in [1.82, 2.24) is 14.9 Å². The van der Waals surface area contributed by atoms with Gasteiger partial charge in [-0.25, -0.2) is 9.97 Å². The van der Waals surface area contributed by atoms with Gasteiger partial charge in [0.2, 0.25) is 17.8 Å². The molecule has 8 nitrogen and oxygen atoms in total. The summed E-state index contributed by atoms with van der Waals surface area (Å²) < 4.78 is 0. The smallest absolute Gasteiger partial charge is 0.227 e. The van der Waals surface area contributed by atoms with Crippen LogP contribution in [0, 0.1) is 0 Å². The molecule has 2 heterocycles. The van der Waals surface area contributed by atoms with E-state index in [4.69, 9.17) is 4.98 Å². The number of rotatable bonds is 5. The molecule has 1 aromatic heterocycles. The Morgan fingerprint density at radius 3 is 2.19 bits per heavy atom. The summed E-state index contributed by atoms with van der Waals surface area (Å²) in [6.07, 6.45) is 1.82. The molecule has 0 atom stereocenters. The summed E-state index contributed by atoms with van der Waals surface area (Å²) in [5.41, 5.74) is 5.64. The first-order valence-corrected chi connectivity index (χ1v) is 12.0. The Labute approximate surface area is 210 Å². The van der Waals surface area contributed by atoms with E-state index in [0.29, 0.717) is 5.95 Å². The van der Waals surface area contributed by atoms with Crippen LogP contribution in [0.5, 0.6) is 0 Å². The molecular weight excluding hydrogens is 452 g/mol. The summed E-state index contributed by atoms with van der Waals surface area (Å²) >= 11 is 0. The zero-order valence-corrected chi connectivity index (χ0v) is 20.4. The number of carbonyl (C=O) groups is 2. The number of nitrogens with zero attached hydrogens (tertiary/aromatic N) is 4. The maximum atomic E-state index is 11.6. The molecule has 3 aromatic carbocycles. The second-order valence-corrected chi connectivity index (χ2v) is 8.86. The highest BCUT2D eigenvalue weighted by Gasteiger charge is 2.18. The van der Waals surface area contributed by atoms with Gasteiger partial charge in [-0.2, -0.15) is 0 Å². The fourth-order valence-electron chi connectivity index (χ4n) is 4.45. The van der Waals surface area contributed by atoms with Crippen molar-refractivity contribution >= 4 is 45.7 Å². The van der Waals surface area contributed by atoms with E-state index in [2.05, 4.69) is 32.7 Å². The van der Waals surface area contributed by atoms with Gasteiger partial charge in [-0.05, 0) is 42.0 Å². The second-order valence-electron chi connectivity index (χ2n) is 8.86. The predicted octanol–water partition coefficient (Wildman–Crippen LogP) is 4.67. The third-order valence-corrected chi connectivity index (χ3v) is 6.34. The van der Waals surface area contributed by atoms with Crippen LogP contribution in [-0.2, 0) is 9.59 Å². The van der Waals surface area contributed by atoms with Crippen LogP contribution in [0.4, 0.5) is 23.0 Å². The third-order valence-electron chi connectivity index (χ3n) is 6.34. The highest BCUT2D eigenvalue weighted by molar-refractivity contribution is 5.94. The number of aromatic nitrogens is 2. The zero-order valence-electron chi connectivity index (χ0n) is 20.4. The molecule has 5 rings (SSSR count). The lowest BCUT2D eigenvalue weighted by molar-refractivity contribution is -0.129. The molecule has 0 bridgehead atoms. The zero-order chi connectivity index (χ0) is 25.1. The Hall–Kier alpha value is -4.46. The summed E-state index contributed by atoms with van der Waals surface area (Å²) in [6.45, 7) is 6.27. The van der Waals surface area contributed by atoms with Gasteiger partial charge >= 0.3 is 0 Å². The topological polar surface area (TPSA) is 90.5 Å². The molecule has 1 fully saturated rings. The first-order chi connectivity index (χ1) is 17.5. The normalized spacial score (nSPS) is 13.5. The van der Waals surface area contributed by atoms with Crippen LogP contribution in [0.3, 0.4) is 0 Å². The summed E-state index contributed by atoms with van der Waals surface area (Å²) in [7, 11) is 0. The molecule has 1 aliphatic heterocycles. The van der Waals surface area contributed by atoms with Gasteiger partial charge in [-0.1, -0.05) is 30.3 Å². The SMILES string of the molecule is CC(=O)Nc1ccc(-c2cccc3cnc(Nc4ccc(N5CCN(C(C)=O)CC5)cc4)nc23)cc1. The Morgan fingerprint density at radius 1 is 0.833 bits per heavy atom. The van der Waals surface area contributed by atoms with E-state index < -0.39 is 0 Å². The van der Waals surface area contributed by atoms with Gasteiger partial charge in [0, 0.05) is 74.2 Å². The van der Waals surface area contributed by atoms with Crippen LogP contribution in [0.2, 0.25) is 0 Å². The van der Waals surface area contributed by atoms with E-state index in [1.54, 1.807) is 6.92 Å². The van der Waals surface area contributed by atoms with Gasteiger partial charge in [-0.15, -0.1) is 0 Å². The van der Waals surface area contributed by atoms with Crippen molar-refractivity contribution in [2.45, 2.75) is 13.8 Å². The number of hydrogen-bond donors (Lipinski definition) is 2. The largest absolute Gasteiger partial charge is 0.368 e. The maximum Gasteiger partial charge on any atom is 0.227 e. The molecule has 4 aromatic rings. The van der Waals surface area contributed by atoms with E-state index in [1.807, 2.05) is 65.7 Å². The van der Waals surface area contributed by atoms with E-state index in [1.165, 1.54) is 6.92 Å². The molecule has 0 aliphatic carbocycles. The van der Waals surface area contributed by atoms with Crippen molar-refractivity contribution in [2.75, 3.05) is 41.7 Å². The standard InChI is InChI=1S/C28H28N6O2/c1-19(35)30-23-8-6-21(7-9-23)26-5-3-4-22-18-29-28(32-27(22)26)31-24-10-12-25(13-11-24)34-16-14-33(15-17-34)20(2)36/h3-13,18H,14-17H2,1-2H3,(H,30,35)(H,29,31,32). The van der Waals surface area contributed by atoms with Gasteiger partial charge in [0.05, 0.1) is 5.52 Å². The van der Waals surface area contributed by atoms with E-state index in [9.17, 15) is 9.59 Å². The number of piperazine rings is 1. The molecule has 2 amide bonds. The van der Waals surface area contributed by atoms with Gasteiger partial charge in [0.25, 0.3) is 0 Å². The van der Waals surface area contributed by atoms with Gasteiger partial charge in [0.1, 0.15) is 0 Å². The molecule has 0 saturated carbocycles. The maximum absolute atomic E-state index is 11.6. The van der Waals surface area contributed by atoms with Crippen molar-refractivity contribution in [2.24, 2.45) is 0 Å². The fraction of sp³-hybridized carbons (Fsp3) is 0.214. The second kappa shape index (κ2) is 10.0. The number of fused-ring (bicyclic) bond motifs is 1. The molecule has 8 heteroatoms. The fourth-order valence-corrected chi connectivity index (χ4v) is 4.45. The molecule has 0 spiro atoms. The highest BCUT2D eigenvalue weighted by atomic mass is 16.2. The van der Waals surface area contributed by atoms with Crippen molar-refractivity contribution in [3.05, 3.63) is 72.9 Å². The monoisotopic (exact) mass is 480 g/mol. The molecule has 1 saturated heterocycles. The van der Waals surface area contributed by atoms with Crippen LogP contribution >= 0.6 is 0 Å². The number of hydrogen-bond acceptors (Lipinski definition) is 6. The average Bonchev–Trinajstić information content (AvgIpc) is 2.89. The lowest BCUT2D eigenvalue weighted by atomic mass is 10.0. The molecule has 2 N–H and O–H groups in total. The number of nitrogens with one attached hydrogen (secondary N) is 2. The Balaban J connectivity index is 1.33. The molecule has 1 aliphatic rings. The number of para-hydroxylation sites is 1. The number of anilines is 4.